The van der Waals surface area contributed by atoms with Gasteiger partial charge in [0.2, 0.25) is 0 Å². The van der Waals surface area contributed by atoms with Gasteiger partial charge in [-0.25, -0.2) is 4.79 Å². The summed E-state index contributed by atoms with van der Waals surface area (Å²) in [5.41, 5.74) is 6.14. The average molecular weight is 590 g/mol. The number of aryl methyl sites for hydroxylation is 2. The highest BCUT2D eigenvalue weighted by Crippen LogP contribution is 2.42. The molecule has 1 aliphatic rings. The molecule has 1 saturated carbocycles. The smallest absolute Gasteiger partial charge is 0.335 e. The van der Waals surface area contributed by atoms with Crippen LogP contribution >= 0.6 is 0 Å². The van der Waals surface area contributed by atoms with Gasteiger partial charge in [-0.15, -0.1) is 0 Å². The highest BCUT2D eigenvalue weighted by atomic mass is 16.5. The standard InChI is InChI=1S/C39H43NO4/c41-30-39(23-7-24-39)25-8-26-40(27-33-19-21-36(22-20-33)38(42)43)28-37(35-11-5-2-6-12-35)44-29-34-17-15-32(16-18-34)14-13-31-9-3-1-4-10-31/h1-6,9-12,15-22,30,37H,7-8,13-14,23-29H2,(H,42,43). The maximum atomic E-state index is 11.8. The second-order valence-corrected chi connectivity index (χ2v) is 12.2. The Morgan fingerprint density at radius 3 is 1.98 bits per heavy atom. The molecule has 5 heteroatoms. The molecule has 0 aliphatic heterocycles. The first-order valence-corrected chi connectivity index (χ1v) is 15.8. The average Bonchev–Trinajstić information content (AvgIpc) is 3.05. The largest absolute Gasteiger partial charge is 0.478 e. The van der Waals surface area contributed by atoms with Crippen LogP contribution in [-0.2, 0) is 35.5 Å². The van der Waals surface area contributed by atoms with Crippen LogP contribution in [0.5, 0.6) is 0 Å². The molecular formula is C39H43NO4. The van der Waals surface area contributed by atoms with E-state index in [4.69, 9.17) is 4.74 Å². The van der Waals surface area contributed by atoms with Gasteiger partial charge in [-0.1, -0.05) is 103 Å². The van der Waals surface area contributed by atoms with Gasteiger partial charge in [0.25, 0.3) is 0 Å². The number of aromatic carboxylic acids is 1. The third-order valence-corrected chi connectivity index (χ3v) is 8.97. The Hall–Kier alpha value is -4.06. The van der Waals surface area contributed by atoms with Crippen LogP contribution in [0.25, 0.3) is 0 Å². The van der Waals surface area contributed by atoms with Gasteiger partial charge in [-0.05, 0) is 85.0 Å². The van der Waals surface area contributed by atoms with Crippen molar-refractivity contribution in [3.05, 3.63) is 143 Å². The number of carbonyl (C=O) groups excluding carboxylic acids is 1. The first-order valence-electron chi connectivity index (χ1n) is 15.8. The van der Waals surface area contributed by atoms with Crippen LogP contribution in [0.3, 0.4) is 0 Å². The summed E-state index contributed by atoms with van der Waals surface area (Å²) >= 11 is 0. The van der Waals surface area contributed by atoms with E-state index in [1.807, 2.05) is 30.3 Å². The van der Waals surface area contributed by atoms with Gasteiger partial charge in [0, 0.05) is 18.5 Å². The van der Waals surface area contributed by atoms with E-state index >= 15 is 0 Å². The molecule has 0 bridgehead atoms. The summed E-state index contributed by atoms with van der Waals surface area (Å²) in [5, 5.41) is 9.33. The molecule has 5 nitrogen and oxygen atoms in total. The van der Waals surface area contributed by atoms with Gasteiger partial charge >= 0.3 is 5.97 Å². The number of hydrogen-bond acceptors (Lipinski definition) is 4. The Labute approximate surface area is 261 Å². The minimum Gasteiger partial charge on any atom is -0.478 e. The van der Waals surface area contributed by atoms with Crippen molar-refractivity contribution < 1.29 is 19.4 Å². The predicted molar refractivity (Wildman–Crippen MR) is 175 cm³/mol. The fourth-order valence-corrected chi connectivity index (χ4v) is 6.05. The van der Waals surface area contributed by atoms with E-state index in [-0.39, 0.29) is 17.1 Å². The van der Waals surface area contributed by atoms with Crippen LogP contribution < -0.4 is 0 Å². The number of rotatable bonds is 17. The van der Waals surface area contributed by atoms with Crippen molar-refractivity contribution in [2.45, 2.75) is 64.2 Å². The van der Waals surface area contributed by atoms with Crippen LogP contribution in [0.4, 0.5) is 0 Å². The number of carboxylic acids is 1. The molecule has 1 atom stereocenters. The summed E-state index contributed by atoms with van der Waals surface area (Å²) in [6, 6.07) is 36.8. The van der Waals surface area contributed by atoms with Crippen LogP contribution in [0.2, 0.25) is 0 Å². The highest BCUT2D eigenvalue weighted by Gasteiger charge is 2.36. The van der Waals surface area contributed by atoms with Crippen molar-refractivity contribution in [3.8, 4) is 0 Å². The number of carboxylic acid groups (broad SMARTS) is 1. The highest BCUT2D eigenvalue weighted by molar-refractivity contribution is 5.87. The Bertz CT molecular complexity index is 1450. The topological polar surface area (TPSA) is 66.8 Å². The quantitative estimate of drug-likeness (QED) is 0.126. The first-order chi connectivity index (χ1) is 21.5. The van der Waals surface area contributed by atoms with Crippen molar-refractivity contribution in [3.63, 3.8) is 0 Å². The molecule has 1 fully saturated rings. The first kappa shape index (κ1) is 31.4. The normalized spacial score (nSPS) is 14.6. The molecular weight excluding hydrogens is 546 g/mol. The lowest BCUT2D eigenvalue weighted by molar-refractivity contribution is -0.121. The molecule has 4 aromatic carbocycles. The molecule has 0 aromatic heterocycles. The molecule has 0 heterocycles. The number of nitrogens with zero attached hydrogens (tertiary/aromatic N) is 1. The van der Waals surface area contributed by atoms with Crippen molar-refractivity contribution in [2.75, 3.05) is 13.1 Å². The van der Waals surface area contributed by atoms with E-state index in [9.17, 15) is 14.7 Å². The molecule has 1 aliphatic carbocycles. The number of aldehydes is 1. The monoisotopic (exact) mass is 589 g/mol. The predicted octanol–water partition coefficient (Wildman–Crippen LogP) is 8.08. The molecule has 4 aromatic rings. The van der Waals surface area contributed by atoms with Gasteiger partial charge < -0.3 is 14.6 Å². The Morgan fingerprint density at radius 1 is 0.795 bits per heavy atom. The summed E-state index contributed by atoms with van der Waals surface area (Å²) in [7, 11) is 0. The SMILES string of the molecule is O=CC1(CCCN(Cc2ccc(C(=O)O)cc2)CC(OCc2ccc(CCc3ccccc3)cc2)c2ccccc2)CCC1. The van der Waals surface area contributed by atoms with E-state index in [1.165, 1.54) is 17.4 Å². The van der Waals surface area contributed by atoms with Crippen molar-refractivity contribution in [2.24, 2.45) is 5.41 Å². The maximum Gasteiger partial charge on any atom is 0.335 e. The van der Waals surface area contributed by atoms with Gasteiger partial charge in [0.05, 0.1) is 18.3 Å². The van der Waals surface area contributed by atoms with E-state index in [0.29, 0.717) is 19.7 Å². The molecule has 0 amide bonds. The van der Waals surface area contributed by atoms with Gasteiger partial charge in [0.1, 0.15) is 6.29 Å². The fourth-order valence-electron chi connectivity index (χ4n) is 6.05. The maximum absolute atomic E-state index is 11.8. The summed E-state index contributed by atoms with van der Waals surface area (Å²) in [5.74, 6) is -0.921. The van der Waals surface area contributed by atoms with Gasteiger partial charge in [0.15, 0.2) is 0 Å². The minimum absolute atomic E-state index is 0.141. The zero-order valence-corrected chi connectivity index (χ0v) is 25.4. The van der Waals surface area contributed by atoms with E-state index in [2.05, 4.69) is 71.6 Å². The molecule has 228 valence electrons. The summed E-state index contributed by atoms with van der Waals surface area (Å²) in [6.07, 6.45) is 8.01. The third kappa shape index (κ3) is 8.98. The molecule has 1 N–H and O–H groups in total. The Kier molecular flexibility index (Phi) is 11.1. The Balaban J connectivity index is 1.25. The Morgan fingerprint density at radius 2 is 1.39 bits per heavy atom. The van der Waals surface area contributed by atoms with Gasteiger partial charge in [-0.2, -0.15) is 0 Å². The lowest BCUT2D eigenvalue weighted by Crippen LogP contribution is -2.34. The lowest BCUT2D eigenvalue weighted by atomic mass is 9.67. The van der Waals surface area contributed by atoms with Crippen LogP contribution in [0.1, 0.15) is 76.4 Å². The van der Waals surface area contributed by atoms with Gasteiger partial charge in [-0.3, -0.25) is 4.90 Å². The van der Waals surface area contributed by atoms with Crippen molar-refractivity contribution in [1.29, 1.82) is 0 Å². The van der Waals surface area contributed by atoms with Crippen LogP contribution in [0, 0.1) is 5.41 Å². The molecule has 0 spiro atoms. The van der Waals surface area contributed by atoms with Crippen LogP contribution in [0.15, 0.2) is 109 Å². The molecule has 0 saturated heterocycles. The van der Waals surface area contributed by atoms with Crippen molar-refractivity contribution >= 4 is 12.3 Å². The summed E-state index contributed by atoms with van der Waals surface area (Å²) in [4.78, 5) is 25.6. The van der Waals surface area contributed by atoms with E-state index < -0.39 is 5.97 Å². The lowest BCUT2D eigenvalue weighted by Gasteiger charge is -2.37. The second-order valence-electron chi connectivity index (χ2n) is 12.2. The van der Waals surface area contributed by atoms with Crippen molar-refractivity contribution in [1.82, 2.24) is 4.90 Å². The zero-order chi connectivity index (χ0) is 30.6. The molecule has 44 heavy (non-hydrogen) atoms. The number of ether oxygens (including phenoxy) is 1. The second kappa shape index (κ2) is 15.6. The third-order valence-electron chi connectivity index (χ3n) is 8.97. The van der Waals surface area contributed by atoms with E-state index in [0.717, 1.165) is 68.2 Å². The molecule has 5 rings (SSSR count). The summed E-state index contributed by atoms with van der Waals surface area (Å²) < 4.78 is 6.63. The molecule has 1 unspecified atom stereocenters. The van der Waals surface area contributed by atoms with Crippen LogP contribution in [-0.4, -0.2) is 35.4 Å². The molecule has 0 radical (unpaired) electrons. The number of benzene rings is 4. The number of carbonyl (C=O) groups is 2. The fraction of sp³-hybridized carbons (Fsp3) is 0.333. The minimum atomic E-state index is -0.921. The summed E-state index contributed by atoms with van der Waals surface area (Å²) in [6.45, 7) is 2.71. The zero-order valence-electron chi connectivity index (χ0n) is 25.4. The van der Waals surface area contributed by atoms with E-state index in [1.54, 1.807) is 12.1 Å². The number of hydrogen-bond donors (Lipinski definition) is 1.